The summed E-state index contributed by atoms with van der Waals surface area (Å²) in [6.07, 6.45) is 0.430. The molecular weight excluding hydrogens is 197 g/mol. The lowest BCUT2D eigenvalue weighted by molar-refractivity contribution is -0.143. The summed E-state index contributed by atoms with van der Waals surface area (Å²) in [5.41, 5.74) is 4.97. The van der Waals surface area contributed by atoms with Crippen LogP contribution in [0.4, 0.5) is 4.39 Å². The largest absolute Gasteiger partial charge is 0.481 e. The first-order valence-electron chi connectivity index (χ1n) is 4.80. The Bertz CT molecular complexity index is 407. The van der Waals surface area contributed by atoms with E-state index in [0.717, 1.165) is 0 Å². The van der Waals surface area contributed by atoms with Gasteiger partial charge in [-0.05, 0) is 18.1 Å². The Hall–Kier alpha value is -1.42. The average molecular weight is 209 g/mol. The topological polar surface area (TPSA) is 63.3 Å². The highest BCUT2D eigenvalue weighted by molar-refractivity contribution is 5.81. The molecule has 3 nitrogen and oxygen atoms in total. The van der Waals surface area contributed by atoms with E-state index in [1.807, 2.05) is 0 Å². The molecule has 2 unspecified atom stereocenters. The first-order chi connectivity index (χ1) is 7.12. The Morgan fingerprint density at radius 3 is 2.73 bits per heavy atom. The van der Waals surface area contributed by atoms with E-state index in [1.54, 1.807) is 18.2 Å². The summed E-state index contributed by atoms with van der Waals surface area (Å²) in [6, 6.07) is 6.27. The second kappa shape index (κ2) is 3.31. The van der Waals surface area contributed by atoms with Crippen molar-refractivity contribution in [1.82, 2.24) is 0 Å². The summed E-state index contributed by atoms with van der Waals surface area (Å²) < 4.78 is 13.4. The van der Waals surface area contributed by atoms with Crippen LogP contribution in [0.25, 0.3) is 0 Å². The number of aliphatic carboxylic acids is 1. The van der Waals surface area contributed by atoms with Crippen LogP contribution >= 0.6 is 0 Å². The molecule has 1 aromatic carbocycles. The molecule has 1 fully saturated rings. The normalized spacial score (nSPS) is 28.8. The number of benzene rings is 1. The molecule has 4 heteroatoms. The fourth-order valence-electron chi connectivity index (χ4n) is 2.02. The predicted molar refractivity (Wildman–Crippen MR) is 52.9 cm³/mol. The van der Waals surface area contributed by atoms with Gasteiger partial charge >= 0.3 is 5.97 Å². The minimum absolute atomic E-state index is 0.0569. The Morgan fingerprint density at radius 1 is 1.60 bits per heavy atom. The summed E-state index contributed by atoms with van der Waals surface area (Å²) >= 11 is 0. The van der Waals surface area contributed by atoms with Gasteiger partial charge in [0.2, 0.25) is 0 Å². The van der Waals surface area contributed by atoms with Gasteiger partial charge in [-0.1, -0.05) is 18.2 Å². The molecular formula is C11H12FNO2. The van der Waals surface area contributed by atoms with Gasteiger partial charge in [-0.15, -0.1) is 0 Å². The predicted octanol–water partition coefficient (Wildman–Crippen LogP) is 1.34. The molecule has 80 valence electrons. The molecule has 3 N–H and O–H groups in total. The van der Waals surface area contributed by atoms with Crippen molar-refractivity contribution in [3.8, 4) is 0 Å². The number of hydrogen-bond donors (Lipinski definition) is 2. The molecule has 2 atom stereocenters. The van der Waals surface area contributed by atoms with Crippen molar-refractivity contribution in [2.75, 3.05) is 6.54 Å². The molecule has 1 aromatic rings. The summed E-state index contributed by atoms with van der Waals surface area (Å²) in [6.45, 7) is 0.0569. The molecule has 1 saturated carbocycles. The van der Waals surface area contributed by atoms with E-state index in [-0.39, 0.29) is 18.3 Å². The van der Waals surface area contributed by atoms with E-state index in [4.69, 9.17) is 10.8 Å². The highest BCUT2D eigenvalue weighted by Crippen LogP contribution is 2.59. The van der Waals surface area contributed by atoms with Crippen molar-refractivity contribution in [3.63, 3.8) is 0 Å². The lowest BCUT2D eigenvalue weighted by Crippen LogP contribution is -2.26. The van der Waals surface area contributed by atoms with Crippen LogP contribution in [-0.4, -0.2) is 17.6 Å². The summed E-state index contributed by atoms with van der Waals surface area (Å²) in [4.78, 5) is 11.0. The van der Waals surface area contributed by atoms with Gasteiger partial charge in [-0.25, -0.2) is 4.39 Å². The van der Waals surface area contributed by atoms with E-state index in [9.17, 15) is 9.18 Å². The van der Waals surface area contributed by atoms with Crippen LogP contribution in [-0.2, 0) is 4.79 Å². The Balaban J connectivity index is 2.30. The Labute approximate surface area is 86.7 Å². The van der Waals surface area contributed by atoms with E-state index >= 15 is 0 Å². The second-order valence-electron chi connectivity index (χ2n) is 3.94. The van der Waals surface area contributed by atoms with Gasteiger partial charge < -0.3 is 10.8 Å². The fraction of sp³-hybridized carbons (Fsp3) is 0.364. The Morgan fingerprint density at radius 2 is 2.27 bits per heavy atom. The van der Waals surface area contributed by atoms with Crippen molar-refractivity contribution in [1.29, 1.82) is 0 Å². The van der Waals surface area contributed by atoms with E-state index in [2.05, 4.69) is 0 Å². The number of nitrogens with two attached hydrogens (primary N) is 1. The van der Waals surface area contributed by atoms with Crippen LogP contribution in [0, 0.1) is 11.2 Å². The number of hydrogen-bond acceptors (Lipinski definition) is 2. The Kier molecular flexibility index (Phi) is 2.23. The smallest absolute Gasteiger partial charge is 0.311 e. The summed E-state index contributed by atoms with van der Waals surface area (Å²) in [7, 11) is 0. The average Bonchev–Trinajstić information content (AvgIpc) is 2.94. The minimum Gasteiger partial charge on any atom is -0.481 e. The van der Waals surface area contributed by atoms with E-state index < -0.39 is 11.4 Å². The van der Waals surface area contributed by atoms with Gasteiger partial charge in [0.05, 0.1) is 5.41 Å². The number of carboxylic acid groups (broad SMARTS) is 1. The van der Waals surface area contributed by atoms with Gasteiger partial charge in [0, 0.05) is 12.5 Å². The molecule has 1 aliphatic carbocycles. The maximum atomic E-state index is 13.4. The monoisotopic (exact) mass is 209 g/mol. The molecule has 0 aliphatic heterocycles. The summed E-state index contributed by atoms with van der Waals surface area (Å²) in [5, 5.41) is 9.02. The first kappa shape index (κ1) is 10.1. The van der Waals surface area contributed by atoms with Crippen molar-refractivity contribution >= 4 is 5.97 Å². The molecule has 0 heterocycles. The lowest BCUT2D eigenvalue weighted by atomic mass is 9.99. The molecule has 1 aliphatic rings. The van der Waals surface area contributed by atoms with Gasteiger partial charge in [-0.2, -0.15) is 0 Å². The molecule has 0 aromatic heterocycles. The zero-order valence-electron chi connectivity index (χ0n) is 8.11. The zero-order chi connectivity index (χ0) is 11.1. The van der Waals surface area contributed by atoms with Gasteiger partial charge in [0.1, 0.15) is 5.82 Å². The highest BCUT2D eigenvalue weighted by atomic mass is 19.1. The van der Waals surface area contributed by atoms with E-state index in [1.165, 1.54) is 6.07 Å². The maximum absolute atomic E-state index is 13.4. The molecule has 0 bridgehead atoms. The van der Waals surface area contributed by atoms with Crippen LogP contribution in [0.5, 0.6) is 0 Å². The lowest BCUT2D eigenvalue weighted by Gasteiger charge is -2.09. The van der Waals surface area contributed by atoms with Crippen molar-refractivity contribution in [2.24, 2.45) is 11.1 Å². The minimum atomic E-state index is -0.942. The van der Waals surface area contributed by atoms with Crippen molar-refractivity contribution < 1.29 is 14.3 Å². The van der Waals surface area contributed by atoms with Crippen LogP contribution in [0.3, 0.4) is 0 Å². The third-order valence-corrected chi connectivity index (χ3v) is 3.15. The maximum Gasteiger partial charge on any atom is 0.311 e. The third kappa shape index (κ3) is 1.41. The summed E-state index contributed by atoms with van der Waals surface area (Å²) in [5.74, 6) is -1.56. The van der Waals surface area contributed by atoms with Crippen molar-refractivity contribution in [3.05, 3.63) is 35.6 Å². The van der Waals surface area contributed by atoms with E-state index in [0.29, 0.717) is 12.0 Å². The fourth-order valence-corrected chi connectivity index (χ4v) is 2.02. The molecule has 0 saturated heterocycles. The van der Waals surface area contributed by atoms with Crippen molar-refractivity contribution in [2.45, 2.75) is 12.3 Å². The second-order valence-corrected chi connectivity index (χ2v) is 3.94. The quantitative estimate of drug-likeness (QED) is 0.789. The highest BCUT2D eigenvalue weighted by Gasteiger charge is 2.60. The van der Waals surface area contributed by atoms with Crippen LogP contribution in [0.15, 0.2) is 24.3 Å². The molecule has 15 heavy (non-hydrogen) atoms. The SMILES string of the molecule is NCC1(C(=O)O)CC1c1ccccc1F. The van der Waals surface area contributed by atoms with Crippen LogP contribution in [0.2, 0.25) is 0 Å². The van der Waals surface area contributed by atoms with Gasteiger partial charge in [-0.3, -0.25) is 4.79 Å². The standard InChI is InChI=1S/C11H12FNO2/c12-9-4-2-1-3-7(9)8-5-11(8,6-13)10(14)15/h1-4,8H,5-6,13H2,(H,14,15). The molecule has 0 amide bonds. The number of halogens is 1. The molecule has 0 spiro atoms. The van der Waals surface area contributed by atoms with Gasteiger partial charge in [0.15, 0.2) is 0 Å². The van der Waals surface area contributed by atoms with Crippen LogP contribution in [0.1, 0.15) is 17.9 Å². The molecule has 2 rings (SSSR count). The number of carbonyl (C=O) groups is 1. The third-order valence-electron chi connectivity index (χ3n) is 3.15. The van der Waals surface area contributed by atoms with Gasteiger partial charge in [0.25, 0.3) is 0 Å². The number of carboxylic acids is 1. The molecule has 0 radical (unpaired) electrons. The van der Waals surface area contributed by atoms with Crippen LogP contribution < -0.4 is 5.73 Å². The zero-order valence-corrected chi connectivity index (χ0v) is 8.11. The number of rotatable bonds is 3. The first-order valence-corrected chi connectivity index (χ1v) is 4.80.